The highest BCUT2D eigenvalue weighted by Crippen LogP contribution is 2.23. The van der Waals surface area contributed by atoms with E-state index in [-0.39, 0.29) is 0 Å². The number of carboxylic acids is 1. The Hall–Kier alpha value is -3.06. The normalized spacial score (nSPS) is 10.4. The van der Waals surface area contributed by atoms with E-state index in [9.17, 15) is 0 Å². The van der Waals surface area contributed by atoms with Gasteiger partial charge in [0.2, 0.25) is 0 Å². The number of anilines is 1. The second kappa shape index (κ2) is 10.3. The Kier molecular flexibility index (Phi) is 7.83. The smallest absolute Gasteiger partial charge is 0.408 e. The lowest BCUT2D eigenvalue weighted by Crippen LogP contribution is -2.28. The molecule has 0 unspecified atom stereocenters. The Labute approximate surface area is 169 Å². The number of rotatable bonds is 5. The van der Waals surface area contributed by atoms with Gasteiger partial charge in [-0.3, -0.25) is 0 Å². The highest BCUT2D eigenvalue weighted by molar-refractivity contribution is 7.12. The van der Waals surface area contributed by atoms with Crippen LogP contribution in [0.3, 0.4) is 0 Å². The second-order valence-electron chi connectivity index (χ2n) is 6.27. The molecule has 0 saturated carbocycles. The van der Waals surface area contributed by atoms with Gasteiger partial charge in [0, 0.05) is 30.6 Å². The zero-order valence-electron chi connectivity index (χ0n) is 16.5. The van der Waals surface area contributed by atoms with Crippen LogP contribution in [0.4, 0.5) is 16.5 Å². The highest BCUT2D eigenvalue weighted by atomic mass is 32.1. The number of aliphatic carboxylic acids is 1. The molecular formula is C21H24N4O2S. The number of azo groups is 1. The molecule has 0 aliphatic carbocycles. The molecule has 0 aliphatic heterocycles. The van der Waals surface area contributed by atoms with E-state index in [2.05, 4.69) is 70.9 Å². The maximum absolute atomic E-state index is 8.89. The van der Waals surface area contributed by atoms with Crippen LogP contribution in [-0.4, -0.2) is 13.0 Å². The molecule has 0 saturated heterocycles. The summed E-state index contributed by atoms with van der Waals surface area (Å²) in [6.45, 7) is 3.92. The third-order valence-corrected chi connectivity index (χ3v) is 4.98. The maximum atomic E-state index is 8.89. The van der Waals surface area contributed by atoms with Gasteiger partial charge in [-0.2, -0.15) is 0 Å². The second-order valence-corrected chi connectivity index (χ2v) is 7.10. The number of benzene rings is 2. The summed E-state index contributed by atoms with van der Waals surface area (Å²) >= 11 is 1.60. The standard InChI is InChI=1S/C19H21N4S.C2H4O2/c1-15-14-24-19(23(15)3)21-20-17-9-11-18(12-10-17)22(2)13-16-7-5-4-6-8-16;1-2(3)4/h4-12,14H,13H2,1-3H3;1H3,(H,3,4)/q+1;/p-1. The van der Waals surface area contributed by atoms with Crippen molar-refractivity contribution in [2.45, 2.75) is 20.4 Å². The van der Waals surface area contributed by atoms with E-state index in [4.69, 9.17) is 9.90 Å². The Balaban J connectivity index is 0.000000640. The number of aromatic nitrogens is 1. The molecule has 2 aromatic carbocycles. The van der Waals surface area contributed by atoms with E-state index < -0.39 is 5.97 Å². The van der Waals surface area contributed by atoms with Gasteiger partial charge in [0.25, 0.3) is 0 Å². The number of carboxylic acid groups (broad SMARTS) is 1. The molecule has 28 heavy (non-hydrogen) atoms. The third kappa shape index (κ3) is 6.59. The van der Waals surface area contributed by atoms with Crippen molar-refractivity contribution in [3.63, 3.8) is 0 Å². The van der Waals surface area contributed by atoms with Gasteiger partial charge < -0.3 is 14.8 Å². The van der Waals surface area contributed by atoms with E-state index in [1.54, 1.807) is 11.3 Å². The minimum atomic E-state index is -1.08. The van der Waals surface area contributed by atoms with Crippen LogP contribution in [0.15, 0.2) is 70.2 Å². The van der Waals surface area contributed by atoms with Crippen LogP contribution in [0.2, 0.25) is 0 Å². The number of hydrogen-bond donors (Lipinski definition) is 0. The highest BCUT2D eigenvalue weighted by Gasteiger charge is 2.11. The van der Waals surface area contributed by atoms with Gasteiger partial charge in [0.15, 0.2) is 0 Å². The Morgan fingerprint density at radius 2 is 1.71 bits per heavy atom. The molecule has 0 N–H and O–H groups in total. The SMILES string of the molecule is CC(=O)[O-].Cc1csc(N=Nc2ccc(N(C)Cc3ccccc3)cc2)[n+]1C. The van der Waals surface area contributed by atoms with Gasteiger partial charge in [0.05, 0.1) is 12.2 Å². The molecule has 146 valence electrons. The maximum Gasteiger partial charge on any atom is 0.408 e. The predicted molar refractivity (Wildman–Crippen MR) is 110 cm³/mol. The van der Waals surface area contributed by atoms with Crippen molar-refractivity contribution in [3.05, 3.63) is 71.2 Å². The van der Waals surface area contributed by atoms with Crippen LogP contribution < -0.4 is 14.6 Å². The summed E-state index contributed by atoms with van der Waals surface area (Å²) in [5.74, 6) is -1.08. The van der Waals surface area contributed by atoms with Crippen LogP contribution in [0.1, 0.15) is 18.2 Å². The molecule has 0 atom stereocenters. The summed E-state index contributed by atoms with van der Waals surface area (Å²) < 4.78 is 2.04. The fraction of sp³-hybridized carbons (Fsp3) is 0.238. The Bertz CT molecular complexity index is 917. The van der Waals surface area contributed by atoms with E-state index in [1.165, 1.54) is 11.3 Å². The first-order valence-electron chi connectivity index (χ1n) is 8.75. The number of aryl methyl sites for hydroxylation is 1. The molecule has 0 radical (unpaired) electrons. The van der Waals surface area contributed by atoms with Crippen LogP contribution in [-0.2, 0) is 18.4 Å². The van der Waals surface area contributed by atoms with Crippen molar-refractivity contribution < 1.29 is 14.5 Å². The zero-order valence-corrected chi connectivity index (χ0v) is 17.3. The average molecular weight is 397 g/mol. The van der Waals surface area contributed by atoms with Crippen molar-refractivity contribution in [2.75, 3.05) is 11.9 Å². The minimum absolute atomic E-state index is 0.859. The monoisotopic (exact) mass is 396 g/mol. The van der Waals surface area contributed by atoms with Gasteiger partial charge >= 0.3 is 5.13 Å². The number of hydrogen-bond acceptors (Lipinski definition) is 6. The van der Waals surface area contributed by atoms with Gasteiger partial charge in [0.1, 0.15) is 11.4 Å². The average Bonchev–Trinajstić information content (AvgIpc) is 2.99. The Morgan fingerprint density at radius 3 is 2.25 bits per heavy atom. The molecule has 0 amide bonds. The van der Waals surface area contributed by atoms with Gasteiger partial charge in [-0.1, -0.05) is 30.3 Å². The van der Waals surface area contributed by atoms with E-state index in [1.807, 2.05) is 29.8 Å². The quantitative estimate of drug-likeness (QED) is 0.488. The topological polar surface area (TPSA) is 72.0 Å². The van der Waals surface area contributed by atoms with Crippen molar-refractivity contribution in [1.82, 2.24) is 0 Å². The molecular weight excluding hydrogens is 372 g/mol. The molecule has 0 bridgehead atoms. The van der Waals surface area contributed by atoms with Crippen LogP contribution >= 0.6 is 11.3 Å². The minimum Gasteiger partial charge on any atom is -0.550 e. The lowest BCUT2D eigenvalue weighted by atomic mass is 10.2. The van der Waals surface area contributed by atoms with Gasteiger partial charge in [-0.05, 0) is 60.1 Å². The molecule has 3 aromatic rings. The van der Waals surface area contributed by atoms with Crippen molar-refractivity contribution in [3.8, 4) is 0 Å². The number of carbonyl (C=O) groups is 1. The lowest BCUT2D eigenvalue weighted by Gasteiger charge is -2.19. The van der Waals surface area contributed by atoms with Crippen molar-refractivity contribution in [1.29, 1.82) is 0 Å². The first-order chi connectivity index (χ1) is 13.4. The zero-order chi connectivity index (χ0) is 20.5. The fourth-order valence-electron chi connectivity index (χ4n) is 2.36. The fourth-order valence-corrected chi connectivity index (χ4v) is 3.18. The molecule has 0 fully saturated rings. The van der Waals surface area contributed by atoms with Crippen LogP contribution in [0.5, 0.6) is 0 Å². The molecule has 1 heterocycles. The van der Waals surface area contributed by atoms with Crippen LogP contribution in [0.25, 0.3) is 0 Å². The number of nitrogens with zero attached hydrogens (tertiary/aromatic N) is 4. The Morgan fingerprint density at radius 1 is 1.11 bits per heavy atom. The number of carbonyl (C=O) groups excluding carboxylic acids is 1. The van der Waals surface area contributed by atoms with Gasteiger partial charge in [-0.15, -0.1) is 0 Å². The van der Waals surface area contributed by atoms with Crippen molar-refractivity contribution >= 4 is 33.8 Å². The molecule has 1 aromatic heterocycles. The summed E-state index contributed by atoms with van der Waals surface area (Å²) in [5.41, 5.74) is 4.50. The summed E-state index contributed by atoms with van der Waals surface area (Å²) in [7, 11) is 4.10. The van der Waals surface area contributed by atoms with E-state index >= 15 is 0 Å². The summed E-state index contributed by atoms with van der Waals surface area (Å²) in [4.78, 5) is 11.1. The first kappa shape index (κ1) is 21.2. The lowest BCUT2D eigenvalue weighted by molar-refractivity contribution is -0.660. The summed E-state index contributed by atoms with van der Waals surface area (Å²) in [5, 5.41) is 20.5. The largest absolute Gasteiger partial charge is 0.550 e. The third-order valence-electron chi connectivity index (χ3n) is 3.95. The summed E-state index contributed by atoms with van der Waals surface area (Å²) in [6.07, 6.45) is 0. The number of thiazole rings is 1. The van der Waals surface area contributed by atoms with Crippen molar-refractivity contribution in [2.24, 2.45) is 17.3 Å². The summed E-state index contributed by atoms with van der Waals surface area (Å²) in [6, 6.07) is 18.6. The van der Waals surface area contributed by atoms with Crippen LogP contribution in [0, 0.1) is 6.92 Å². The predicted octanol–water partition coefficient (Wildman–Crippen LogP) is 3.69. The molecule has 3 rings (SSSR count). The molecule has 0 aliphatic rings. The first-order valence-corrected chi connectivity index (χ1v) is 9.63. The van der Waals surface area contributed by atoms with Gasteiger partial charge in [-0.25, -0.2) is 4.57 Å². The van der Waals surface area contributed by atoms with E-state index in [0.717, 1.165) is 30.0 Å². The molecule has 7 heteroatoms. The van der Waals surface area contributed by atoms with E-state index in [0.29, 0.717) is 0 Å². The molecule has 0 spiro atoms. The molecule has 6 nitrogen and oxygen atoms in total.